The molecule has 1 spiro atoms. The van der Waals surface area contributed by atoms with Gasteiger partial charge < -0.3 is 10.1 Å². The van der Waals surface area contributed by atoms with Crippen LogP contribution in [0.2, 0.25) is 0 Å². The molecular weight excluding hydrogens is 258 g/mol. The van der Waals surface area contributed by atoms with Gasteiger partial charge in [-0.25, -0.2) is 0 Å². The van der Waals surface area contributed by atoms with Crippen LogP contribution in [0.5, 0.6) is 0 Å². The Balaban J connectivity index is 1.75. The topological polar surface area (TPSA) is 21.3 Å². The second-order valence-electron chi connectivity index (χ2n) is 7.29. The first kappa shape index (κ1) is 15.1. The number of benzene rings is 1. The van der Waals surface area contributed by atoms with Crippen LogP contribution >= 0.6 is 0 Å². The van der Waals surface area contributed by atoms with Crippen molar-refractivity contribution < 1.29 is 4.74 Å². The van der Waals surface area contributed by atoms with Crippen LogP contribution in [0.25, 0.3) is 0 Å². The first-order valence-corrected chi connectivity index (χ1v) is 8.54. The zero-order valence-corrected chi connectivity index (χ0v) is 13.6. The van der Waals surface area contributed by atoms with Crippen LogP contribution in [0.4, 0.5) is 0 Å². The molecule has 0 radical (unpaired) electrons. The summed E-state index contributed by atoms with van der Waals surface area (Å²) in [5, 5.41) is 3.68. The summed E-state index contributed by atoms with van der Waals surface area (Å²) in [5.74, 6) is 0. The molecule has 1 saturated heterocycles. The van der Waals surface area contributed by atoms with Crippen molar-refractivity contribution in [3.8, 4) is 0 Å². The van der Waals surface area contributed by atoms with Crippen molar-refractivity contribution in [2.45, 2.75) is 51.4 Å². The lowest BCUT2D eigenvalue weighted by Gasteiger charge is -2.58. The minimum atomic E-state index is 0.361. The predicted molar refractivity (Wildman–Crippen MR) is 87.7 cm³/mol. The Labute approximate surface area is 129 Å². The third kappa shape index (κ3) is 3.02. The summed E-state index contributed by atoms with van der Waals surface area (Å²) < 4.78 is 5.57. The maximum atomic E-state index is 5.57. The summed E-state index contributed by atoms with van der Waals surface area (Å²) in [5.41, 5.74) is 3.82. The molecule has 2 heteroatoms. The lowest BCUT2D eigenvalue weighted by Crippen LogP contribution is -2.56. The van der Waals surface area contributed by atoms with Gasteiger partial charge in [0.2, 0.25) is 0 Å². The molecule has 1 aliphatic heterocycles. The van der Waals surface area contributed by atoms with Crippen LogP contribution in [-0.2, 0) is 10.2 Å². The lowest BCUT2D eigenvalue weighted by atomic mass is 9.48. The maximum absolute atomic E-state index is 5.57. The van der Waals surface area contributed by atoms with Gasteiger partial charge in [0.25, 0.3) is 0 Å². The third-order valence-corrected chi connectivity index (χ3v) is 5.53. The Bertz CT molecular complexity index is 451. The fourth-order valence-electron chi connectivity index (χ4n) is 4.38. The standard InChI is InChI=1S/C19H29NO/c1-3-10-20-15-19(17-6-4-16(2)5-7-17)13-18(14-19)8-11-21-12-9-18/h4-7,20H,3,8-15H2,1-2H3. The molecule has 3 rings (SSSR count). The van der Waals surface area contributed by atoms with Crippen molar-refractivity contribution in [3.05, 3.63) is 35.4 Å². The summed E-state index contributed by atoms with van der Waals surface area (Å²) in [6.07, 6.45) is 6.40. The van der Waals surface area contributed by atoms with Gasteiger partial charge >= 0.3 is 0 Å². The largest absolute Gasteiger partial charge is 0.381 e. The van der Waals surface area contributed by atoms with E-state index in [1.165, 1.54) is 43.2 Å². The number of rotatable bonds is 5. The first-order valence-electron chi connectivity index (χ1n) is 8.54. The second-order valence-corrected chi connectivity index (χ2v) is 7.29. The Hall–Kier alpha value is -0.860. The van der Waals surface area contributed by atoms with Crippen LogP contribution < -0.4 is 5.32 Å². The number of aryl methyl sites for hydroxylation is 1. The Kier molecular flexibility index (Phi) is 4.37. The lowest BCUT2D eigenvalue weighted by molar-refractivity contribution is -0.0736. The summed E-state index contributed by atoms with van der Waals surface area (Å²) in [6, 6.07) is 9.25. The van der Waals surface area contributed by atoms with E-state index in [9.17, 15) is 0 Å². The van der Waals surface area contributed by atoms with E-state index in [1.807, 2.05) is 0 Å². The van der Waals surface area contributed by atoms with Gasteiger partial charge in [-0.05, 0) is 56.6 Å². The van der Waals surface area contributed by atoms with Gasteiger partial charge in [0.05, 0.1) is 0 Å². The van der Waals surface area contributed by atoms with Crippen LogP contribution in [0.3, 0.4) is 0 Å². The van der Waals surface area contributed by atoms with Crippen LogP contribution in [-0.4, -0.2) is 26.3 Å². The Morgan fingerprint density at radius 1 is 1.10 bits per heavy atom. The van der Waals surface area contributed by atoms with Gasteiger partial charge in [0, 0.05) is 25.2 Å². The molecule has 1 aromatic rings. The predicted octanol–water partition coefficient (Wildman–Crippen LogP) is 3.82. The van der Waals surface area contributed by atoms with E-state index in [4.69, 9.17) is 4.74 Å². The molecule has 2 fully saturated rings. The number of hydrogen-bond acceptors (Lipinski definition) is 2. The summed E-state index contributed by atoms with van der Waals surface area (Å²) in [4.78, 5) is 0. The molecule has 1 saturated carbocycles. The number of ether oxygens (including phenoxy) is 1. The first-order chi connectivity index (χ1) is 10.2. The van der Waals surface area contributed by atoms with E-state index >= 15 is 0 Å². The Morgan fingerprint density at radius 3 is 2.38 bits per heavy atom. The van der Waals surface area contributed by atoms with Gasteiger partial charge in [-0.15, -0.1) is 0 Å². The minimum absolute atomic E-state index is 0.361. The molecule has 1 aliphatic carbocycles. The van der Waals surface area contributed by atoms with Crippen LogP contribution in [0.15, 0.2) is 24.3 Å². The normalized spacial score (nSPS) is 23.0. The van der Waals surface area contributed by atoms with Crippen molar-refractivity contribution in [2.24, 2.45) is 5.41 Å². The smallest absolute Gasteiger partial charge is 0.0471 e. The molecule has 0 unspecified atom stereocenters. The van der Waals surface area contributed by atoms with Gasteiger partial charge in [0.15, 0.2) is 0 Å². The molecule has 0 amide bonds. The SMILES string of the molecule is CCCNCC1(c2ccc(C)cc2)CC2(CCOCC2)C1. The van der Waals surface area contributed by atoms with Crippen LogP contribution in [0.1, 0.15) is 50.2 Å². The molecule has 1 aromatic carbocycles. The fraction of sp³-hybridized carbons (Fsp3) is 0.684. The van der Waals surface area contributed by atoms with Crippen LogP contribution in [0, 0.1) is 12.3 Å². The highest BCUT2D eigenvalue weighted by Crippen LogP contribution is 2.60. The van der Waals surface area contributed by atoms with Gasteiger partial charge in [-0.3, -0.25) is 0 Å². The zero-order chi connectivity index (χ0) is 14.8. The Morgan fingerprint density at radius 2 is 1.76 bits per heavy atom. The highest BCUT2D eigenvalue weighted by atomic mass is 16.5. The monoisotopic (exact) mass is 287 g/mol. The van der Waals surface area contributed by atoms with E-state index in [0.29, 0.717) is 10.8 Å². The van der Waals surface area contributed by atoms with Crippen molar-refractivity contribution in [1.82, 2.24) is 5.32 Å². The van der Waals surface area contributed by atoms with Crippen molar-refractivity contribution in [2.75, 3.05) is 26.3 Å². The second kappa shape index (κ2) is 6.10. The average Bonchev–Trinajstić information content (AvgIpc) is 2.47. The molecule has 2 nitrogen and oxygen atoms in total. The van der Waals surface area contributed by atoms with Gasteiger partial charge in [-0.2, -0.15) is 0 Å². The molecule has 116 valence electrons. The average molecular weight is 287 g/mol. The number of hydrogen-bond donors (Lipinski definition) is 1. The quantitative estimate of drug-likeness (QED) is 0.831. The highest BCUT2D eigenvalue weighted by molar-refractivity contribution is 5.33. The van der Waals surface area contributed by atoms with Crippen molar-refractivity contribution in [3.63, 3.8) is 0 Å². The molecule has 2 aliphatic rings. The van der Waals surface area contributed by atoms with Gasteiger partial charge in [-0.1, -0.05) is 36.8 Å². The van der Waals surface area contributed by atoms with E-state index in [2.05, 4.69) is 43.4 Å². The molecule has 0 atom stereocenters. The number of nitrogens with one attached hydrogen (secondary N) is 1. The maximum Gasteiger partial charge on any atom is 0.0471 e. The molecule has 21 heavy (non-hydrogen) atoms. The summed E-state index contributed by atoms with van der Waals surface area (Å²) in [7, 11) is 0. The van der Waals surface area contributed by atoms with E-state index in [-0.39, 0.29) is 0 Å². The van der Waals surface area contributed by atoms with E-state index < -0.39 is 0 Å². The van der Waals surface area contributed by atoms with Crippen molar-refractivity contribution >= 4 is 0 Å². The minimum Gasteiger partial charge on any atom is -0.381 e. The zero-order valence-electron chi connectivity index (χ0n) is 13.6. The summed E-state index contributed by atoms with van der Waals surface area (Å²) in [6.45, 7) is 8.60. The molecule has 1 N–H and O–H groups in total. The summed E-state index contributed by atoms with van der Waals surface area (Å²) >= 11 is 0. The van der Waals surface area contributed by atoms with E-state index in [0.717, 1.165) is 26.3 Å². The van der Waals surface area contributed by atoms with Crippen molar-refractivity contribution in [1.29, 1.82) is 0 Å². The third-order valence-electron chi connectivity index (χ3n) is 5.53. The molecule has 0 bridgehead atoms. The fourth-order valence-corrected chi connectivity index (χ4v) is 4.38. The molecule has 0 aromatic heterocycles. The molecular formula is C19H29NO. The molecule has 1 heterocycles. The van der Waals surface area contributed by atoms with Gasteiger partial charge in [0.1, 0.15) is 0 Å². The van der Waals surface area contributed by atoms with E-state index in [1.54, 1.807) is 0 Å². The highest BCUT2D eigenvalue weighted by Gasteiger charge is 2.54.